The molecular formula is C11H15ClN2O4S. The molecule has 1 aromatic rings. The normalized spacial score (nSPS) is 11.9. The standard InChI is InChI=1S/C11H15ClN2O4S/c1-8(2)14(7-11(15)18-3)19(16,17)9-4-5-13-10(12)6-9/h4-6,8H,7H2,1-3H3. The first kappa shape index (κ1) is 15.9. The zero-order chi connectivity index (χ0) is 14.6. The highest BCUT2D eigenvalue weighted by Gasteiger charge is 2.29. The van der Waals surface area contributed by atoms with Gasteiger partial charge in [-0.2, -0.15) is 4.31 Å². The van der Waals surface area contributed by atoms with Gasteiger partial charge >= 0.3 is 5.97 Å². The molecule has 0 aliphatic heterocycles. The third-order valence-corrected chi connectivity index (χ3v) is 4.62. The first-order valence-electron chi connectivity index (χ1n) is 5.49. The van der Waals surface area contributed by atoms with E-state index in [1.165, 1.54) is 25.4 Å². The van der Waals surface area contributed by atoms with Gasteiger partial charge in [-0.1, -0.05) is 11.6 Å². The quantitative estimate of drug-likeness (QED) is 0.605. The number of aromatic nitrogens is 1. The molecule has 0 aliphatic carbocycles. The molecule has 0 aromatic carbocycles. The summed E-state index contributed by atoms with van der Waals surface area (Å²) in [5, 5.41) is 0.0721. The lowest BCUT2D eigenvalue weighted by Gasteiger charge is -2.24. The van der Waals surface area contributed by atoms with Gasteiger partial charge in [0.2, 0.25) is 10.0 Å². The first-order valence-corrected chi connectivity index (χ1v) is 7.31. The molecule has 1 rings (SSSR count). The number of nitrogens with zero attached hydrogens (tertiary/aromatic N) is 2. The maximum absolute atomic E-state index is 12.4. The molecule has 106 valence electrons. The van der Waals surface area contributed by atoms with E-state index in [0.29, 0.717) is 0 Å². The molecule has 6 nitrogen and oxygen atoms in total. The molecular weight excluding hydrogens is 292 g/mol. The molecule has 0 aliphatic rings. The molecule has 0 unspecified atom stereocenters. The van der Waals surface area contributed by atoms with Crippen LogP contribution in [-0.2, 0) is 19.6 Å². The van der Waals surface area contributed by atoms with E-state index in [-0.39, 0.29) is 16.6 Å². The van der Waals surface area contributed by atoms with Crippen molar-refractivity contribution in [1.29, 1.82) is 0 Å². The minimum Gasteiger partial charge on any atom is -0.468 e. The van der Waals surface area contributed by atoms with Crippen LogP contribution in [-0.4, -0.2) is 43.4 Å². The number of carbonyl (C=O) groups excluding carboxylic acids is 1. The topological polar surface area (TPSA) is 76.6 Å². The van der Waals surface area contributed by atoms with Crippen LogP contribution in [0.15, 0.2) is 23.2 Å². The second-order valence-corrected chi connectivity index (χ2v) is 6.31. The van der Waals surface area contributed by atoms with Gasteiger partial charge in [0.15, 0.2) is 0 Å². The Balaban J connectivity index is 3.17. The van der Waals surface area contributed by atoms with Crippen LogP contribution in [0.4, 0.5) is 0 Å². The number of methoxy groups -OCH3 is 1. The van der Waals surface area contributed by atoms with E-state index < -0.39 is 22.0 Å². The van der Waals surface area contributed by atoms with Crippen molar-refractivity contribution >= 4 is 27.6 Å². The van der Waals surface area contributed by atoms with E-state index >= 15 is 0 Å². The molecule has 0 saturated carbocycles. The summed E-state index contributed by atoms with van der Waals surface area (Å²) in [5.41, 5.74) is 0. The number of carbonyl (C=O) groups is 1. The van der Waals surface area contributed by atoms with Crippen LogP contribution in [0.2, 0.25) is 5.15 Å². The zero-order valence-electron chi connectivity index (χ0n) is 10.8. The highest BCUT2D eigenvalue weighted by Crippen LogP contribution is 2.19. The van der Waals surface area contributed by atoms with Crippen LogP contribution in [0.5, 0.6) is 0 Å². The van der Waals surface area contributed by atoms with Crippen LogP contribution >= 0.6 is 11.6 Å². The second-order valence-electron chi connectivity index (χ2n) is 4.03. The number of halogens is 1. The Bertz CT molecular complexity index is 560. The molecule has 0 N–H and O–H groups in total. The number of rotatable bonds is 5. The van der Waals surface area contributed by atoms with Crippen LogP contribution in [0.1, 0.15) is 13.8 Å². The number of ether oxygens (including phenoxy) is 1. The Morgan fingerprint density at radius 3 is 2.63 bits per heavy atom. The summed E-state index contributed by atoms with van der Waals surface area (Å²) in [6, 6.07) is 2.17. The molecule has 0 amide bonds. The van der Waals surface area contributed by atoms with Gasteiger partial charge in [0.1, 0.15) is 11.7 Å². The van der Waals surface area contributed by atoms with Crippen molar-refractivity contribution in [3.05, 3.63) is 23.5 Å². The van der Waals surface area contributed by atoms with Crippen LogP contribution in [0.25, 0.3) is 0 Å². The SMILES string of the molecule is COC(=O)CN(C(C)C)S(=O)(=O)c1ccnc(Cl)c1. The van der Waals surface area contributed by atoms with Crippen molar-refractivity contribution in [2.24, 2.45) is 0 Å². The van der Waals surface area contributed by atoms with Crippen molar-refractivity contribution in [2.45, 2.75) is 24.8 Å². The van der Waals surface area contributed by atoms with Crippen molar-refractivity contribution in [2.75, 3.05) is 13.7 Å². The predicted octanol–water partition coefficient (Wildman–Crippen LogP) is 1.31. The van der Waals surface area contributed by atoms with Gasteiger partial charge in [-0.25, -0.2) is 13.4 Å². The van der Waals surface area contributed by atoms with Crippen LogP contribution in [0.3, 0.4) is 0 Å². The smallest absolute Gasteiger partial charge is 0.321 e. The average molecular weight is 307 g/mol. The molecule has 19 heavy (non-hydrogen) atoms. The third kappa shape index (κ3) is 3.89. The number of sulfonamides is 1. The Kier molecular flexibility index (Phi) is 5.28. The number of hydrogen-bond acceptors (Lipinski definition) is 5. The number of pyridine rings is 1. The summed E-state index contributed by atoms with van der Waals surface area (Å²) in [6.45, 7) is 2.99. The van der Waals surface area contributed by atoms with Crippen molar-refractivity contribution in [3.63, 3.8) is 0 Å². The number of hydrogen-bond donors (Lipinski definition) is 0. The maximum Gasteiger partial charge on any atom is 0.321 e. The Morgan fingerprint density at radius 1 is 1.53 bits per heavy atom. The molecule has 1 aromatic heterocycles. The fraction of sp³-hybridized carbons (Fsp3) is 0.455. The van der Waals surface area contributed by atoms with Crippen LogP contribution in [0, 0.1) is 0 Å². The van der Waals surface area contributed by atoms with Gasteiger partial charge in [-0.3, -0.25) is 4.79 Å². The summed E-state index contributed by atoms with van der Waals surface area (Å²) in [6.07, 6.45) is 1.30. The highest BCUT2D eigenvalue weighted by atomic mass is 35.5. The van der Waals surface area contributed by atoms with E-state index in [1.54, 1.807) is 13.8 Å². The summed E-state index contributed by atoms with van der Waals surface area (Å²) in [4.78, 5) is 15.0. The molecule has 0 spiro atoms. The fourth-order valence-corrected chi connectivity index (χ4v) is 3.25. The van der Waals surface area contributed by atoms with Crippen molar-refractivity contribution < 1.29 is 17.9 Å². The van der Waals surface area contributed by atoms with Gasteiger partial charge in [0, 0.05) is 12.2 Å². The van der Waals surface area contributed by atoms with E-state index in [1.807, 2.05) is 0 Å². The Morgan fingerprint density at radius 2 is 2.16 bits per heavy atom. The highest BCUT2D eigenvalue weighted by molar-refractivity contribution is 7.89. The predicted molar refractivity (Wildman–Crippen MR) is 70.3 cm³/mol. The van der Waals surface area contributed by atoms with E-state index in [4.69, 9.17) is 11.6 Å². The second kappa shape index (κ2) is 6.31. The Labute approximate surface area is 117 Å². The van der Waals surface area contributed by atoms with Gasteiger partial charge < -0.3 is 4.74 Å². The summed E-state index contributed by atoms with van der Waals surface area (Å²) in [5.74, 6) is -0.627. The molecule has 0 saturated heterocycles. The van der Waals surface area contributed by atoms with E-state index in [0.717, 1.165) is 4.31 Å². The van der Waals surface area contributed by atoms with Gasteiger partial charge in [-0.15, -0.1) is 0 Å². The average Bonchev–Trinajstić information content (AvgIpc) is 2.34. The van der Waals surface area contributed by atoms with Gasteiger partial charge in [0.05, 0.1) is 12.0 Å². The summed E-state index contributed by atoms with van der Waals surface area (Å²) in [7, 11) is -2.61. The largest absolute Gasteiger partial charge is 0.468 e. The monoisotopic (exact) mass is 306 g/mol. The molecule has 0 bridgehead atoms. The zero-order valence-corrected chi connectivity index (χ0v) is 12.4. The Hall–Kier alpha value is -1.18. The van der Waals surface area contributed by atoms with Crippen LogP contribution < -0.4 is 0 Å². The molecule has 0 radical (unpaired) electrons. The lowest BCUT2D eigenvalue weighted by molar-refractivity contribution is -0.141. The lowest BCUT2D eigenvalue weighted by atomic mass is 10.4. The molecule has 0 fully saturated rings. The fourth-order valence-electron chi connectivity index (χ4n) is 1.42. The molecule has 0 atom stereocenters. The minimum absolute atomic E-state index is 0.00916. The molecule has 1 heterocycles. The van der Waals surface area contributed by atoms with E-state index in [2.05, 4.69) is 9.72 Å². The van der Waals surface area contributed by atoms with Gasteiger partial charge in [-0.05, 0) is 26.0 Å². The van der Waals surface area contributed by atoms with Crippen molar-refractivity contribution in [3.8, 4) is 0 Å². The first-order chi connectivity index (χ1) is 8.78. The third-order valence-electron chi connectivity index (χ3n) is 2.39. The van der Waals surface area contributed by atoms with E-state index in [9.17, 15) is 13.2 Å². The maximum atomic E-state index is 12.4. The summed E-state index contributed by atoms with van der Waals surface area (Å²) >= 11 is 5.68. The minimum atomic E-state index is -3.82. The molecule has 8 heteroatoms. The summed E-state index contributed by atoms with van der Waals surface area (Å²) < 4.78 is 30.4. The number of esters is 1. The van der Waals surface area contributed by atoms with Gasteiger partial charge in [0.25, 0.3) is 0 Å². The van der Waals surface area contributed by atoms with Crippen molar-refractivity contribution in [1.82, 2.24) is 9.29 Å². The lowest BCUT2D eigenvalue weighted by Crippen LogP contribution is -2.41.